The number of para-hydroxylation sites is 1. The van der Waals surface area contributed by atoms with Crippen LogP contribution in [0.25, 0.3) is 16.9 Å². The quantitative estimate of drug-likeness (QED) is 0.688. The first-order chi connectivity index (χ1) is 12.3. The van der Waals surface area contributed by atoms with Crippen LogP contribution in [0.3, 0.4) is 0 Å². The summed E-state index contributed by atoms with van der Waals surface area (Å²) in [5, 5.41) is 4.76. The number of hydrogen-bond acceptors (Lipinski definition) is 2. The Bertz CT molecular complexity index is 877. The van der Waals surface area contributed by atoms with Crippen LogP contribution >= 0.6 is 0 Å². The van der Waals surface area contributed by atoms with Gasteiger partial charge in [-0.1, -0.05) is 18.2 Å². The molecule has 2 aromatic carbocycles. The lowest BCUT2D eigenvalue weighted by Crippen LogP contribution is -2.29. The highest BCUT2D eigenvalue weighted by atomic mass is 19.1. The fourth-order valence-electron chi connectivity index (χ4n) is 2.95. The third-order valence-corrected chi connectivity index (χ3v) is 4.23. The average molecular weight is 336 g/mol. The Morgan fingerprint density at radius 3 is 2.44 bits per heavy atom. The molecule has 1 aliphatic rings. The summed E-state index contributed by atoms with van der Waals surface area (Å²) in [6.45, 7) is 3.20. The number of halogens is 1. The van der Waals surface area contributed by atoms with Crippen LogP contribution in [0.2, 0.25) is 0 Å². The van der Waals surface area contributed by atoms with Crippen molar-refractivity contribution in [3.8, 4) is 16.9 Å². The second-order valence-corrected chi connectivity index (χ2v) is 5.99. The Kier molecular flexibility index (Phi) is 4.39. The van der Waals surface area contributed by atoms with E-state index in [9.17, 15) is 4.39 Å². The van der Waals surface area contributed by atoms with Gasteiger partial charge in [0, 0.05) is 5.56 Å². The number of nitrogens with zero attached hydrogens (tertiary/aromatic N) is 3. The van der Waals surface area contributed by atoms with Crippen LogP contribution in [0.1, 0.15) is 5.69 Å². The van der Waals surface area contributed by atoms with Gasteiger partial charge < -0.3 is 4.74 Å². The maximum absolute atomic E-state index is 13.3. The van der Waals surface area contributed by atoms with Crippen molar-refractivity contribution in [2.45, 2.75) is 0 Å². The number of benzene rings is 2. The van der Waals surface area contributed by atoms with E-state index in [2.05, 4.69) is 10.8 Å². The molecule has 3 aromatic rings. The van der Waals surface area contributed by atoms with Gasteiger partial charge in [-0.15, -0.1) is 0 Å². The fourth-order valence-corrected chi connectivity index (χ4v) is 2.95. The molecule has 5 heteroatoms. The lowest BCUT2D eigenvalue weighted by atomic mass is 10.1. The highest BCUT2D eigenvalue weighted by Crippen LogP contribution is 2.24. The van der Waals surface area contributed by atoms with Crippen molar-refractivity contribution in [1.29, 1.82) is 0 Å². The summed E-state index contributed by atoms with van der Waals surface area (Å²) < 4.78 is 22.8. The molecular weight excluding hydrogens is 317 g/mol. The normalized spacial score (nSPS) is 14.5. The van der Waals surface area contributed by atoms with Crippen LogP contribution in [-0.4, -0.2) is 46.9 Å². The zero-order valence-electron chi connectivity index (χ0n) is 13.8. The number of aromatic nitrogens is 2. The van der Waals surface area contributed by atoms with Gasteiger partial charge in [0.1, 0.15) is 24.7 Å². The van der Waals surface area contributed by atoms with Crippen molar-refractivity contribution < 1.29 is 13.7 Å². The minimum Gasteiger partial charge on any atom is -0.368 e. The van der Waals surface area contributed by atoms with Gasteiger partial charge in [0.25, 0.3) is 0 Å². The lowest BCUT2D eigenvalue weighted by Gasteiger charge is -2.09. The summed E-state index contributed by atoms with van der Waals surface area (Å²) in [7, 11) is 0. The molecule has 4 nitrogen and oxygen atoms in total. The van der Waals surface area contributed by atoms with Gasteiger partial charge in [0.15, 0.2) is 19.3 Å². The van der Waals surface area contributed by atoms with E-state index in [0.717, 1.165) is 48.9 Å². The molecule has 4 rings (SSSR count). The maximum Gasteiger partial charge on any atom is 0.191 e. The van der Waals surface area contributed by atoms with Gasteiger partial charge >= 0.3 is 0 Å². The number of morpholine rings is 1. The largest absolute Gasteiger partial charge is 0.368 e. The third kappa shape index (κ3) is 3.51. The van der Waals surface area contributed by atoms with Crippen LogP contribution < -0.4 is 0 Å². The maximum atomic E-state index is 13.3. The molecule has 0 spiro atoms. The van der Waals surface area contributed by atoms with Crippen molar-refractivity contribution in [1.82, 2.24) is 9.78 Å². The summed E-state index contributed by atoms with van der Waals surface area (Å²) in [6.07, 6.45) is 2.06. The zero-order chi connectivity index (χ0) is 17.1. The van der Waals surface area contributed by atoms with Crippen LogP contribution in [0.4, 0.5) is 4.39 Å². The van der Waals surface area contributed by atoms with Gasteiger partial charge in [-0.05, 0) is 42.5 Å². The number of hydrogen-bond donors (Lipinski definition) is 0. The molecule has 0 N–H and O–H groups in total. The molecule has 0 atom stereocenters. The van der Waals surface area contributed by atoms with Crippen LogP contribution in [0, 0.1) is 5.82 Å². The SMILES string of the molecule is Fc1ccc(-c2cc(C=[N+]3CCOCC3)nn2-c2ccccc2)cc1. The lowest BCUT2D eigenvalue weighted by molar-refractivity contribution is -0.544. The molecular formula is C20H19FN3O+. The number of ether oxygens (including phenoxy) is 1. The monoisotopic (exact) mass is 336 g/mol. The second-order valence-electron chi connectivity index (χ2n) is 5.99. The van der Waals surface area contributed by atoms with E-state index >= 15 is 0 Å². The standard InChI is InChI=1S/C20H19FN3O/c21-17-8-6-16(7-9-17)20-14-18(15-23-10-12-25-13-11-23)22-24(20)19-4-2-1-3-5-19/h1-9,14-15H,10-13H2/q+1. The first-order valence-electron chi connectivity index (χ1n) is 8.38. The minimum atomic E-state index is -0.241. The summed E-state index contributed by atoms with van der Waals surface area (Å²) >= 11 is 0. The molecule has 0 aliphatic carbocycles. The van der Waals surface area contributed by atoms with E-state index in [1.165, 1.54) is 12.1 Å². The van der Waals surface area contributed by atoms with Crippen molar-refractivity contribution in [2.24, 2.45) is 0 Å². The van der Waals surface area contributed by atoms with E-state index in [4.69, 9.17) is 9.84 Å². The Morgan fingerprint density at radius 1 is 1.00 bits per heavy atom. The van der Waals surface area contributed by atoms with Crippen LogP contribution in [0.15, 0.2) is 60.7 Å². The van der Waals surface area contributed by atoms with Crippen molar-refractivity contribution in [3.05, 3.63) is 72.2 Å². The third-order valence-electron chi connectivity index (χ3n) is 4.23. The van der Waals surface area contributed by atoms with Crippen molar-refractivity contribution in [3.63, 3.8) is 0 Å². The highest BCUT2D eigenvalue weighted by Gasteiger charge is 2.15. The Labute approximate surface area is 145 Å². The smallest absolute Gasteiger partial charge is 0.191 e. The molecule has 0 radical (unpaired) electrons. The predicted molar refractivity (Wildman–Crippen MR) is 94.9 cm³/mol. The van der Waals surface area contributed by atoms with Crippen molar-refractivity contribution >= 4 is 6.21 Å². The van der Waals surface area contributed by atoms with Gasteiger partial charge in [-0.3, -0.25) is 0 Å². The summed E-state index contributed by atoms with van der Waals surface area (Å²) in [5.74, 6) is -0.241. The highest BCUT2D eigenvalue weighted by molar-refractivity contribution is 5.77. The van der Waals surface area contributed by atoms with Gasteiger partial charge in [-0.25, -0.2) is 13.6 Å². The Morgan fingerprint density at radius 2 is 1.72 bits per heavy atom. The topological polar surface area (TPSA) is 30.1 Å². The summed E-state index contributed by atoms with van der Waals surface area (Å²) in [6, 6.07) is 18.5. The molecule has 0 unspecified atom stereocenters. The molecule has 0 saturated carbocycles. The molecule has 1 fully saturated rings. The molecule has 2 heterocycles. The van der Waals surface area contributed by atoms with Crippen LogP contribution in [0.5, 0.6) is 0 Å². The van der Waals surface area contributed by atoms with E-state index < -0.39 is 0 Å². The molecule has 0 amide bonds. The minimum absolute atomic E-state index is 0.241. The summed E-state index contributed by atoms with van der Waals surface area (Å²) in [5.41, 5.74) is 3.72. The Hall–Kier alpha value is -2.79. The first kappa shape index (κ1) is 15.7. The average Bonchev–Trinajstić information content (AvgIpc) is 3.08. The fraction of sp³-hybridized carbons (Fsp3) is 0.200. The van der Waals surface area contributed by atoms with Gasteiger partial charge in [-0.2, -0.15) is 5.10 Å². The molecule has 1 aliphatic heterocycles. The van der Waals surface area contributed by atoms with E-state index in [-0.39, 0.29) is 5.82 Å². The predicted octanol–water partition coefficient (Wildman–Crippen LogP) is 3.14. The van der Waals surface area contributed by atoms with E-state index in [1.807, 2.05) is 41.1 Å². The number of rotatable bonds is 3. The van der Waals surface area contributed by atoms with Gasteiger partial charge in [0.2, 0.25) is 0 Å². The second kappa shape index (κ2) is 6.99. The molecule has 25 heavy (non-hydrogen) atoms. The first-order valence-corrected chi connectivity index (χ1v) is 8.38. The molecule has 1 saturated heterocycles. The zero-order valence-corrected chi connectivity index (χ0v) is 13.8. The molecule has 126 valence electrons. The molecule has 1 aromatic heterocycles. The van der Waals surface area contributed by atoms with Crippen molar-refractivity contribution in [2.75, 3.05) is 26.3 Å². The Balaban J connectivity index is 1.79. The van der Waals surface area contributed by atoms with E-state index in [1.54, 1.807) is 12.1 Å². The van der Waals surface area contributed by atoms with Gasteiger partial charge in [0.05, 0.1) is 11.4 Å². The van der Waals surface area contributed by atoms with Crippen LogP contribution in [-0.2, 0) is 4.74 Å². The van der Waals surface area contributed by atoms with E-state index in [0.29, 0.717) is 0 Å². The summed E-state index contributed by atoms with van der Waals surface area (Å²) in [4.78, 5) is 0. The molecule has 0 bridgehead atoms.